The number of aryl methyl sites for hydroxylation is 1. The van der Waals surface area contributed by atoms with Gasteiger partial charge in [-0.25, -0.2) is 0 Å². The van der Waals surface area contributed by atoms with E-state index in [1.165, 1.54) is 46.4 Å². The van der Waals surface area contributed by atoms with Crippen LogP contribution in [-0.2, 0) is 6.42 Å². The fraction of sp³-hybridized carbons (Fsp3) is 0.278. The second-order valence-corrected chi connectivity index (χ2v) is 5.25. The van der Waals surface area contributed by atoms with Gasteiger partial charge in [0.1, 0.15) is 0 Å². The molecule has 1 aliphatic rings. The van der Waals surface area contributed by atoms with Gasteiger partial charge in [-0.05, 0) is 53.7 Å². The lowest BCUT2D eigenvalue weighted by atomic mass is 10.0. The molecule has 19 heavy (non-hydrogen) atoms. The molecule has 0 saturated carbocycles. The second-order valence-electron chi connectivity index (χ2n) is 5.25. The number of nitrogens with one attached hydrogen (secondary N) is 1. The Labute approximate surface area is 115 Å². The van der Waals surface area contributed by atoms with Gasteiger partial charge in [0.15, 0.2) is 0 Å². The molecule has 1 heteroatoms. The van der Waals surface area contributed by atoms with Crippen molar-refractivity contribution in [1.82, 2.24) is 4.98 Å². The fourth-order valence-electron chi connectivity index (χ4n) is 2.86. The van der Waals surface area contributed by atoms with E-state index in [0.29, 0.717) is 0 Å². The Bertz CT molecular complexity index is 616. The van der Waals surface area contributed by atoms with Crippen molar-refractivity contribution in [3.05, 3.63) is 65.3 Å². The first-order chi connectivity index (χ1) is 9.31. The van der Waals surface area contributed by atoms with E-state index >= 15 is 0 Å². The third kappa shape index (κ3) is 2.14. The smallest absolute Gasteiger partial charge is 0.0454 e. The molecule has 0 fully saturated rings. The number of fused-ring (bicyclic) bond motifs is 1. The van der Waals surface area contributed by atoms with Crippen LogP contribution in [0.15, 0.2) is 36.5 Å². The molecule has 1 heterocycles. The predicted octanol–water partition coefficient (Wildman–Crippen LogP) is 4.85. The lowest BCUT2D eigenvalue weighted by molar-refractivity contribution is 0.794. The van der Waals surface area contributed by atoms with Crippen molar-refractivity contribution in [3.63, 3.8) is 0 Å². The number of aromatic nitrogens is 1. The molecule has 0 amide bonds. The van der Waals surface area contributed by atoms with Gasteiger partial charge < -0.3 is 4.98 Å². The average molecular weight is 250 g/mol. The first kappa shape index (κ1) is 12.3. The summed E-state index contributed by atoms with van der Waals surface area (Å²) in [6, 6.07) is 10.9. The topological polar surface area (TPSA) is 15.8 Å². The molecular weight excluding hydrogens is 230 g/mol. The Hall–Kier alpha value is -1.76. The summed E-state index contributed by atoms with van der Waals surface area (Å²) < 4.78 is 0. The number of H-pyrrole nitrogens is 1. The first-order valence-electron chi connectivity index (χ1n) is 7.13. The van der Waals surface area contributed by atoms with Crippen molar-refractivity contribution in [3.8, 4) is 0 Å². The summed E-state index contributed by atoms with van der Waals surface area (Å²) in [5, 5.41) is 0. The summed E-state index contributed by atoms with van der Waals surface area (Å²) >= 11 is 0. The summed E-state index contributed by atoms with van der Waals surface area (Å²) in [5.74, 6) is 0. The number of unbranched alkanes of at least 4 members (excludes halogenated alkanes) is 1. The van der Waals surface area contributed by atoms with Crippen LogP contribution < -0.4 is 0 Å². The normalized spacial score (nSPS) is 14.0. The maximum absolute atomic E-state index is 3.43. The lowest BCUT2D eigenvalue weighted by Crippen LogP contribution is -1.92. The highest BCUT2D eigenvalue weighted by Crippen LogP contribution is 2.39. The van der Waals surface area contributed by atoms with E-state index in [0.717, 1.165) is 6.42 Å². The van der Waals surface area contributed by atoms with Crippen molar-refractivity contribution in [2.45, 2.75) is 33.1 Å². The quantitative estimate of drug-likeness (QED) is 0.798. The molecule has 0 saturated heterocycles. The molecular formula is C18H20N. The third-order valence-corrected chi connectivity index (χ3v) is 3.97. The summed E-state index contributed by atoms with van der Waals surface area (Å²) in [4.78, 5) is 3.43. The van der Waals surface area contributed by atoms with Crippen LogP contribution >= 0.6 is 0 Å². The van der Waals surface area contributed by atoms with E-state index in [1.807, 2.05) is 0 Å². The van der Waals surface area contributed by atoms with E-state index in [4.69, 9.17) is 0 Å². The Morgan fingerprint density at radius 3 is 2.74 bits per heavy atom. The molecule has 97 valence electrons. The van der Waals surface area contributed by atoms with Gasteiger partial charge in [-0.15, -0.1) is 0 Å². The highest BCUT2D eigenvalue weighted by molar-refractivity contribution is 6.01. The standard InChI is InChI=1S/C18H20N/c1-3-4-7-14-10-11-19-18(14)17-12-15-8-5-6-9-16(15)13(17)2/h5-6,8-12,19H,3-4,7H2,1-2H3. The van der Waals surface area contributed by atoms with Crippen LogP contribution in [0.5, 0.6) is 0 Å². The van der Waals surface area contributed by atoms with E-state index in [9.17, 15) is 0 Å². The van der Waals surface area contributed by atoms with Gasteiger partial charge >= 0.3 is 0 Å². The van der Waals surface area contributed by atoms with Gasteiger partial charge in [0.2, 0.25) is 0 Å². The molecule has 2 aromatic rings. The van der Waals surface area contributed by atoms with Gasteiger partial charge in [0.05, 0.1) is 0 Å². The van der Waals surface area contributed by atoms with Crippen molar-refractivity contribution in [2.75, 3.05) is 0 Å². The van der Waals surface area contributed by atoms with Crippen LogP contribution in [-0.4, -0.2) is 4.98 Å². The van der Waals surface area contributed by atoms with E-state index in [1.54, 1.807) is 0 Å². The number of aromatic amines is 1. The van der Waals surface area contributed by atoms with Crippen molar-refractivity contribution >= 4 is 11.1 Å². The minimum atomic E-state index is 1.16. The molecule has 1 N–H and O–H groups in total. The zero-order valence-electron chi connectivity index (χ0n) is 11.7. The zero-order chi connectivity index (χ0) is 13.2. The van der Waals surface area contributed by atoms with E-state index in [2.05, 4.69) is 61.8 Å². The van der Waals surface area contributed by atoms with Gasteiger partial charge in [0.25, 0.3) is 0 Å². The molecule has 1 radical (unpaired) electrons. The molecule has 1 aromatic carbocycles. The van der Waals surface area contributed by atoms with Crippen LogP contribution in [0, 0.1) is 6.42 Å². The van der Waals surface area contributed by atoms with Crippen molar-refractivity contribution < 1.29 is 0 Å². The van der Waals surface area contributed by atoms with Crippen LogP contribution in [0.2, 0.25) is 0 Å². The Morgan fingerprint density at radius 1 is 1.11 bits per heavy atom. The number of benzene rings is 1. The summed E-state index contributed by atoms with van der Waals surface area (Å²) in [5.41, 5.74) is 8.20. The van der Waals surface area contributed by atoms with Crippen LogP contribution in [0.4, 0.5) is 0 Å². The number of hydrogen-bond acceptors (Lipinski definition) is 0. The number of hydrogen-bond donors (Lipinski definition) is 1. The molecule has 0 bridgehead atoms. The van der Waals surface area contributed by atoms with Gasteiger partial charge in [0, 0.05) is 18.3 Å². The van der Waals surface area contributed by atoms with E-state index < -0.39 is 0 Å². The Balaban J connectivity index is 1.97. The van der Waals surface area contributed by atoms with Crippen molar-refractivity contribution in [1.29, 1.82) is 0 Å². The summed E-state index contributed by atoms with van der Waals surface area (Å²) in [7, 11) is 0. The number of rotatable bonds is 4. The molecule has 3 rings (SSSR count). The molecule has 1 aliphatic carbocycles. The van der Waals surface area contributed by atoms with Gasteiger partial charge in [-0.2, -0.15) is 0 Å². The maximum Gasteiger partial charge on any atom is 0.0454 e. The molecule has 0 aliphatic heterocycles. The highest BCUT2D eigenvalue weighted by atomic mass is 14.7. The first-order valence-corrected chi connectivity index (χ1v) is 7.13. The maximum atomic E-state index is 3.43. The van der Waals surface area contributed by atoms with Gasteiger partial charge in [-0.1, -0.05) is 37.6 Å². The molecule has 0 atom stereocenters. The predicted molar refractivity (Wildman–Crippen MR) is 81.7 cm³/mol. The fourth-order valence-corrected chi connectivity index (χ4v) is 2.86. The summed E-state index contributed by atoms with van der Waals surface area (Å²) in [6.45, 7) is 4.47. The average Bonchev–Trinajstić information content (AvgIpc) is 3.01. The van der Waals surface area contributed by atoms with Crippen molar-refractivity contribution in [2.24, 2.45) is 0 Å². The second kappa shape index (κ2) is 5.08. The lowest BCUT2D eigenvalue weighted by Gasteiger charge is -2.06. The number of allylic oxidation sites excluding steroid dienone is 2. The minimum absolute atomic E-state index is 1.16. The van der Waals surface area contributed by atoms with Crippen LogP contribution in [0.3, 0.4) is 0 Å². The highest BCUT2D eigenvalue weighted by Gasteiger charge is 2.21. The third-order valence-electron chi connectivity index (χ3n) is 3.97. The van der Waals surface area contributed by atoms with Crippen LogP contribution in [0.25, 0.3) is 11.1 Å². The van der Waals surface area contributed by atoms with Gasteiger partial charge in [-0.3, -0.25) is 0 Å². The van der Waals surface area contributed by atoms with E-state index in [-0.39, 0.29) is 0 Å². The molecule has 0 spiro atoms. The molecule has 1 nitrogen and oxygen atoms in total. The Morgan fingerprint density at radius 2 is 1.95 bits per heavy atom. The monoisotopic (exact) mass is 250 g/mol. The minimum Gasteiger partial charge on any atom is -0.361 e. The SMILES string of the molecule is CCCCc1cc[nH]c1C1=C(C)c2ccccc2[CH]1. The Kier molecular flexibility index (Phi) is 3.29. The summed E-state index contributed by atoms with van der Waals surface area (Å²) in [6.07, 6.45) is 8.04. The van der Waals surface area contributed by atoms with Crippen LogP contribution in [0.1, 0.15) is 49.1 Å². The molecule has 1 aromatic heterocycles. The largest absolute Gasteiger partial charge is 0.361 e. The molecule has 0 unspecified atom stereocenters. The zero-order valence-corrected chi connectivity index (χ0v) is 11.7.